The number of nitriles is 1. The molecule has 3 rings (SSSR count). The Morgan fingerprint density at radius 3 is 2.64 bits per heavy atom. The van der Waals surface area contributed by atoms with E-state index in [1.54, 1.807) is 31.2 Å². The molecule has 0 bridgehead atoms. The third-order valence-corrected chi connectivity index (χ3v) is 4.45. The molecule has 0 saturated heterocycles. The zero-order valence-electron chi connectivity index (χ0n) is 15.8. The SMILES string of the molecule is Cc1nc2ccccc2c(C)c1C(=O)O[C@H](C)C(=O)Nc1cccc(C#N)c1. The molecule has 0 unspecified atom stereocenters. The number of esters is 1. The molecular weight excluding hydrogens is 354 g/mol. The van der Waals surface area contributed by atoms with Crippen LogP contribution in [0.5, 0.6) is 0 Å². The normalized spacial score (nSPS) is 11.5. The highest BCUT2D eigenvalue weighted by Crippen LogP contribution is 2.23. The van der Waals surface area contributed by atoms with E-state index in [0.29, 0.717) is 22.5 Å². The number of hydrogen-bond acceptors (Lipinski definition) is 5. The van der Waals surface area contributed by atoms with Crippen LogP contribution in [0.3, 0.4) is 0 Å². The van der Waals surface area contributed by atoms with E-state index in [0.717, 1.165) is 16.5 Å². The summed E-state index contributed by atoms with van der Waals surface area (Å²) in [5, 5.41) is 12.5. The second-order valence-corrected chi connectivity index (χ2v) is 6.44. The van der Waals surface area contributed by atoms with Gasteiger partial charge in [-0.25, -0.2) is 4.79 Å². The lowest BCUT2D eigenvalue weighted by Gasteiger charge is -2.16. The maximum Gasteiger partial charge on any atom is 0.341 e. The van der Waals surface area contributed by atoms with Crippen molar-refractivity contribution in [2.75, 3.05) is 5.32 Å². The molecule has 28 heavy (non-hydrogen) atoms. The summed E-state index contributed by atoms with van der Waals surface area (Å²) in [6.45, 7) is 5.08. The Hall–Kier alpha value is -3.72. The van der Waals surface area contributed by atoms with Crippen molar-refractivity contribution in [1.29, 1.82) is 5.26 Å². The number of carbonyl (C=O) groups is 2. The Morgan fingerprint density at radius 1 is 1.14 bits per heavy atom. The maximum absolute atomic E-state index is 12.7. The Morgan fingerprint density at radius 2 is 1.89 bits per heavy atom. The minimum atomic E-state index is -1.01. The molecule has 0 radical (unpaired) electrons. The van der Waals surface area contributed by atoms with Gasteiger partial charge in [0, 0.05) is 11.1 Å². The summed E-state index contributed by atoms with van der Waals surface area (Å²) in [6.07, 6.45) is -1.01. The molecule has 6 heteroatoms. The summed E-state index contributed by atoms with van der Waals surface area (Å²) in [5.41, 5.74) is 3.38. The van der Waals surface area contributed by atoms with E-state index in [9.17, 15) is 9.59 Å². The van der Waals surface area contributed by atoms with Crippen LogP contribution in [0, 0.1) is 25.2 Å². The molecule has 0 saturated carbocycles. The van der Waals surface area contributed by atoms with Gasteiger partial charge in [0.25, 0.3) is 5.91 Å². The highest BCUT2D eigenvalue weighted by molar-refractivity contribution is 6.01. The van der Waals surface area contributed by atoms with E-state index in [4.69, 9.17) is 10.00 Å². The standard InChI is InChI=1S/C22H19N3O3/c1-13-18-9-4-5-10-19(18)24-14(2)20(13)22(27)28-15(3)21(26)25-17-8-6-7-16(11-17)12-23/h4-11,15H,1-3H3,(H,25,26)/t15-/m1/s1. The van der Waals surface area contributed by atoms with E-state index in [1.807, 2.05) is 37.3 Å². The number of para-hydroxylation sites is 1. The molecule has 1 N–H and O–H groups in total. The van der Waals surface area contributed by atoms with Crippen LogP contribution in [-0.2, 0) is 9.53 Å². The van der Waals surface area contributed by atoms with Gasteiger partial charge < -0.3 is 10.1 Å². The van der Waals surface area contributed by atoms with Gasteiger partial charge in [0.05, 0.1) is 28.4 Å². The molecule has 140 valence electrons. The van der Waals surface area contributed by atoms with Gasteiger partial charge in [-0.1, -0.05) is 24.3 Å². The number of carbonyl (C=O) groups excluding carboxylic acids is 2. The number of aromatic nitrogens is 1. The molecular formula is C22H19N3O3. The lowest BCUT2D eigenvalue weighted by Crippen LogP contribution is -2.30. The van der Waals surface area contributed by atoms with Crippen molar-refractivity contribution < 1.29 is 14.3 Å². The summed E-state index contributed by atoms with van der Waals surface area (Å²) in [5.74, 6) is -1.07. The van der Waals surface area contributed by atoms with E-state index < -0.39 is 18.0 Å². The second kappa shape index (κ2) is 7.89. The van der Waals surface area contributed by atoms with Crippen LogP contribution < -0.4 is 5.32 Å². The van der Waals surface area contributed by atoms with Crippen LogP contribution in [0.2, 0.25) is 0 Å². The molecule has 0 aliphatic rings. The van der Waals surface area contributed by atoms with Crippen molar-refractivity contribution >= 4 is 28.5 Å². The molecule has 0 fully saturated rings. The van der Waals surface area contributed by atoms with Crippen LogP contribution in [0.25, 0.3) is 10.9 Å². The average Bonchev–Trinajstić information content (AvgIpc) is 2.68. The molecule has 0 aliphatic heterocycles. The third-order valence-electron chi connectivity index (χ3n) is 4.45. The molecule has 1 aromatic heterocycles. The number of anilines is 1. The van der Waals surface area contributed by atoms with Crippen LogP contribution in [0.1, 0.15) is 34.1 Å². The van der Waals surface area contributed by atoms with Gasteiger partial charge in [0.1, 0.15) is 0 Å². The number of rotatable bonds is 4. The molecule has 3 aromatic rings. The average molecular weight is 373 g/mol. The van der Waals surface area contributed by atoms with Crippen molar-refractivity contribution in [2.45, 2.75) is 26.9 Å². The first-order valence-corrected chi connectivity index (χ1v) is 8.78. The number of benzene rings is 2. The van der Waals surface area contributed by atoms with Gasteiger partial charge in [-0.05, 0) is 50.6 Å². The number of fused-ring (bicyclic) bond motifs is 1. The van der Waals surface area contributed by atoms with Gasteiger partial charge >= 0.3 is 5.97 Å². The molecule has 0 spiro atoms. The van der Waals surface area contributed by atoms with E-state index in [1.165, 1.54) is 6.92 Å². The van der Waals surface area contributed by atoms with E-state index >= 15 is 0 Å². The number of pyridine rings is 1. The lowest BCUT2D eigenvalue weighted by molar-refractivity contribution is -0.123. The Balaban J connectivity index is 1.78. The molecule has 6 nitrogen and oxygen atoms in total. The summed E-state index contributed by atoms with van der Waals surface area (Å²) < 4.78 is 5.38. The minimum absolute atomic E-state index is 0.366. The third kappa shape index (κ3) is 3.84. The first kappa shape index (κ1) is 19.1. The Labute approximate surface area is 162 Å². The molecule has 1 atom stereocenters. The summed E-state index contributed by atoms with van der Waals surface area (Å²) in [4.78, 5) is 29.6. The van der Waals surface area contributed by atoms with Crippen molar-refractivity contribution in [3.63, 3.8) is 0 Å². The number of ether oxygens (including phenoxy) is 1. The molecule has 2 aromatic carbocycles. The first-order valence-electron chi connectivity index (χ1n) is 8.78. The van der Waals surface area contributed by atoms with Crippen molar-refractivity contribution in [3.8, 4) is 6.07 Å². The lowest BCUT2D eigenvalue weighted by atomic mass is 10.0. The zero-order chi connectivity index (χ0) is 20.3. The zero-order valence-corrected chi connectivity index (χ0v) is 15.8. The van der Waals surface area contributed by atoms with Gasteiger partial charge in [0.15, 0.2) is 6.10 Å². The van der Waals surface area contributed by atoms with Crippen molar-refractivity contribution in [3.05, 3.63) is 70.9 Å². The predicted octanol–water partition coefficient (Wildman–Crippen LogP) is 3.91. The first-order chi connectivity index (χ1) is 13.4. The topological polar surface area (TPSA) is 92.1 Å². The fourth-order valence-corrected chi connectivity index (χ4v) is 3.02. The fraction of sp³-hybridized carbons (Fsp3) is 0.182. The van der Waals surface area contributed by atoms with Gasteiger partial charge in [-0.2, -0.15) is 5.26 Å². The fourth-order valence-electron chi connectivity index (χ4n) is 3.02. The summed E-state index contributed by atoms with van der Waals surface area (Å²) in [6, 6.07) is 16.1. The molecule has 0 aliphatic carbocycles. The van der Waals surface area contributed by atoms with Gasteiger partial charge in [0.2, 0.25) is 0 Å². The molecule has 1 heterocycles. The number of aryl methyl sites for hydroxylation is 2. The highest BCUT2D eigenvalue weighted by Gasteiger charge is 2.23. The number of hydrogen-bond donors (Lipinski definition) is 1. The minimum Gasteiger partial charge on any atom is -0.449 e. The van der Waals surface area contributed by atoms with Crippen LogP contribution in [0.4, 0.5) is 5.69 Å². The van der Waals surface area contributed by atoms with Crippen LogP contribution >= 0.6 is 0 Å². The monoisotopic (exact) mass is 373 g/mol. The van der Waals surface area contributed by atoms with Crippen LogP contribution in [0.15, 0.2) is 48.5 Å². The Bertz CT molecular complexity index is 1120. The van der Waals surface area contributed by atoms with E-state index in [2.05, 4.69) is 10.3 Å². The second-order valence-electron chi connectivity index (χ2n) is 6.44. The van der Waals surface area contributed by atoms with Gasteiger partial charge in [-0.3, -0.25) is 9.78 Å². The quantitative estimate of drug-likeness (QED) is 0.700. The smallest absolute Gasteiger partial charge is 0.341 e. The van der Waals surface area contributed by atoms with Crippen LogP contribution in [-0.4, -0.2) is 23.0 Å². The largest absolute Gasteiger partial charge is 0.449 e. The summed E-state index contributed by atoms with van der Waals surface area (Å²) in [7, 11) is 0. The summed E-state index contributed by atoms with van der Waals surface area (Å²) >= 11 is 0. The predicted molar refractivity (Wildman–Crippen MR) is 106 cm³/mol. The van der Waals surface area contributed by atoms with Gasteiger partial charge in [-0.15, -0.1) is 0 Å². The van der Waals surface area contributed by atoms with Crippen molar-refractivity contribution in [2.24, 2.45) is 0 Å². The number of nitrogens with zero attached hydrogens (tertiary/aromatic N) is 2. The molecule has 1 amide bonds. The maximum atomic E-state index is 12.7. The number of amides is 1. The van der Waals surface area contributed by atoms with Crippen molar-refractivity contribution in [1.82, 2.24) is 4.98 Å². The Kier molecular flexibility index (Phi) is 5.37. The van der Waals surface area contributed by atoms with E-state index in [-0.39, 0.29) is 0 Å². The highest BCUT2D eigenvalue weighted by atomic mass is 16.5. The number of nitrogens with one attached hydrogen (secondary N) is 1.